The van der Waals surface area contributed by atoms with Gasteiger partial charge < -0.3 is 19.3 Å². The number of anilines is 1. The molecule has 0 aromatic heterocycles. The Balaban J connectivity index is 1.63. The highest BCUT2D eigenvalue weighted by atomic mass is 16.5. The molecule has 1 saturated heterocycles. The molecule has 1 N–H and O–H groups in total. The van der Waals surface area contributed by atoms with Crippen LogP contribution in [0.25, 0.3) is 5.76 Å². The fraction of sp³-hybridized carbons (Fsp3) is 0.267. The van der Waals surface area contributed by atoms with Crippen molar-refractivity contribution in [3.8, 4) is 17.2 Å². The number of ketones is 1. The number of Topliss-reactive ketones (excluding diaryl/α,β-unsaturated/α-hetero) is 1. The summed E-state index contributed by atoms with van der Waals surface area (Å²) >= 11 is 0. The summed E-state index contributed by atoms with van der Waals surface area (Å²) in [5.74, 6) is 0.473. The predicted molar refractivity (Wildman–Crippen MR) is 140 cm³/mol. The SMILES string of the molecule is CCOc1ccc(C2/C(=C(/O)c3ccc4c(c3)CCCO4)C(=O)C(=O)N2c2ccc(OCC)cc2)cc1. The molecule has 2 aliphatic heterocycles. The lowest BCUT2D eigenvalue weighted by atomic mass is 9.94. The zero-order chi connectivity index (χ0) is 25.9. The summed E-state index contributed by atoms with van der Waals surface area (Å²) in [5.41, 5.74) is 2.69. The van der Waals surface area contributed by atoms with Gasteiger partial charge in [0, 0.05) is 11.3 Å². The van der Waals surface area contributed by atoms with Gasteiger partial charge in [0.1, 0.15) is 23.0 Å². The minimum Gasteiger partial charge on any atom is -0.507 e. The van der Waals surface area contributed by atoms with Gasteiger partial charge in [0.25, 0.3) is 11.7 Å². The van der Waals surface area contributed by atoms with E-state index in [1.165, 1.54) is 4.90 Å². The Kier molecular flexibility index (Phi) is 6.86. The summed E-state index contributed by atoms with van der Waals surface area (Å²) in [6.07, 6.45) is 1.70. The lowest BCUT2D eigenvalue weighted by Crippen LogP contribution is -2.29. The van der Waals surface area contributed by atoms with Gasteiger partial charge in [-0.3, -0.25) is 14.5 Å². The number of amides is 1. The van der Waals surface area contributed by atoms with Crippen molar-refractivity contribution in [3.63, 3.8) is 0 Å². The molecule has 190 valence electrons. The molecule has 0 spiro atoms. The molecule has 0 radical (unpaired) electrons. The van der Waals surface area contributed by atoms with Crippen LogP contribution in [-0.4, -0.2) is 36.6 Å². The smallest absolute Gasteiger partial charge is 0.300 e. The molecule has 3 aromatic rings. The van der Waals surface area contributed by atoms with Crippen LogP contribution in [0.5, 0.6) is 17.2 Å². The molecule has 7 nitrogen and oxygen atoms in total. The molecular formula is C30H29NO6. The summed E-state index contributed by atoms with van der Waals surface area (Å²) in [7, 11) is 0. The van der Waals surface area contributed by atoms with E-state index in [1.807, 2.05) is 32.0 Å². The number of hydrogen-bond donors (Lipinski definition) is 1. The number of nitrogens with zero attached hydrogens (tertiary/aromatic N) is 1. The number of fused-ring (bicyclic) bond motifs is 1. The first-order valence-corrected chi connectivity index (χ1v) is 12.5. The summed E-state index contributed by atoms with van der Waals surface area (Å²) in [4.78, 5) is 28.3. The van der Waals surface area contributed by atoms with Gasteiger partial charge in [-0.2, -0.15) is 0 Å². The zero-order valence-corrected chi connectivity index (χ0v) is 20.9. The molecule has 0 aliphatic carbocycles. The van der Waals surface area contributed by atoms with Crippen molar-refractivity contribution >= 4 is 23.1 Å². The van der Waals surface area contributed by atoms with Crippen molar-refractivity contribution < 1.29 is 28.9 Å². The van der Waals surface area contributed by atoms with E-state index in [0.717, 1.165) is 24.2 Å². The molecule has 37 heavy (non-hydrogen) atoms. The predicted octanol–water partition coefficient (Wildman–Crippen LogP) is 5.44. The Morgan fingerprint density at radius 3 is 2.24 bits per heavy atom. The van der Waals surface area contributed by atoms with Gasteiger partial charge in [-0.15, -0.1) is 0 Å². The fourth-order valence-electron chi connectivity index (χ4n) is 4.86. The summed E-state index contributed by atoms with van der Waals surface area (Å²) in [6.45, 7) is 5.49. The van der Waals surface area contributed by atoms with E-state index in [9.17, 15) is 14.7 Å². The summed E-state index contributed by atoms with van der Waals surface area (Å²) < 4.78 is 16.8. The number of aliphatic hydroxyl groups is 1. The number of rotatable bonds is 7. The van der Waals surface area contributed by atoms with Gasteiger partial charge in [0.2, 0.25) is 0 Å². The molecule has 0 bridgehead atoms. The van der Waals surface area contributed by atoms with Gasteiger partial charge in [-0.25, -0.2) is 0 Å². The molecule has 1 atom stereocenters. The molecule has 0 saturated carbocycles. The Morgan fingerprint density at radius 2 is 1.59 bits per heavy atom. The second-order valence-corrected chi connectivity index (χ2v) is 8.87. The average Bonchev–Trinajstić information content (AvgIpc) is 3.19. The Morgan fingerprint density at radius 1 is 0.946 bits per heavy atom. The van der Waals surface area contributed by atoms with Gasteiger partial charge >= 0.3 is 0 Å². The molecule has 1 amide bonds. The van der Waals surface area contributed by atoms with Gasteiger partial charge in [-0.1, -0.05) is 12.1 Å². The lowest BCUT2D eigenvalue weighted by Gasteiger charge is -2.26. The van der Waals surface area contributed by atoms with E-state index in [2.05, 4.69) is 0 Å². The fourth-order valence-corrected chi connectivity index (χ4v) is 4.86. The van der Waals surface area contributed by atoms with Crippen LogP contribution in [0.15, 0.2) is 72.3 Å². The number of aryl methyl sites for hydroxylation is 1. The highest BCUT2D eigenvalue weighted by Crippen LogP contribution is 2.43. The van der Waals surface area contributed by atoms with Crippen molar-refractivity contribution in [2.24, 2.45) is 0 Å². The molecular weight excluding hydrogens is 470 g/mol. The van der Waals surface area contributed by atoms with E-state index in [0.29, 0.717) is 48.1 Å². The van der Waals surface area contributed by atoms with E-state index in [1.54, 1.807) is 48.5 Å². The van der Waals surface area contributed by atoms with Crippen molar-refractivity contribution in [3.05, 3.63) is 89.0 Å². The van der Waals surface area contributed by atoms with Crippen LogP contribution in [0.4, 0.5) is 5.69 Å². The van der Waals surface area contributed by atoms with Crippen LogP contribution >= 0.6 is 0 Å². The largest absolute Gasteiger partial charge is 0.507 e. The number of carbonyl (C=O) groups is 2. The van der Waals surface area contributed by atoms with Crippen molar-refractivity contribution in [2.45, 2.75) is 32.7 Å². The average molecular weight is 500 g/mol. The summed E-state index contributed by atoms with van der Waals surface area (Å²) in [6, 6.07) is 18.8. The molecule has 7 heteroatoms. The van der Waals surface area contributed by atoms with E-state index in [-0.39, 0.29) is 11.3 Å². The van der Waals surface area contributed by atoms with E-state index < -0.39 is 17.7 Å². The van der Waals surface area contributed by atoms with Gasteiger partial charge in [0.05, 0.1) is 31.4 Å². The van der Waals surface area contributed by atoms with E-state index in [4.69, 9.17) is 14.2 Å². The molecule has 2 aliphatic rings. The number of ether oxygens (including phenoxy) is 3. The number of aliphatic hydroxyl groups excluding tert-OH is 1. The highest BCUT2D eigenvalue weighted by molar-refractivity contribution is 6.51. The minimum atomic E-state index is -0.819. The number of benzene rings is 3. The third-order valence-electron chi connectivity index (χ3n) is 6.56. The van der Waals surface area contributed by atoms with Crippen LogP contribution in [0, 0.1) is 0 Å². The first-order chi connectivity index (χ1) is 18.0. The van der Waals surface area contributed by atoms with Crippen LogP contribution in [0.1, 0.15) is 43.0 Å². The first kappa shape index (κ1) is 24.4. The Labute approximate surface area is 215 Å². The minimum absolute atomic E-state index is 0.0414. The van der Waals surface area contributed by atoms with Crippen LogP contribution in [0.3, 0.4) is 0 Å². The normalized spacial score (nSPS) is 18.3. The zero-order valence-electron chi connectivity index (χ0n) is 20.9. The maximum Gasteiger partial charge on any atom is 0.300 e. The second kappa shape index (κ2) is 10.4. The van der Waals surface area contributed by atoms with Crippen molar-refractivity contribution in [1.29, 1.82) is 0 Å². The third-order valence-corrected chi connectivity index (χ3v) is 6.56. The van der Waals surface area contributed by atoms with Crippen LogP contribution in [0.2, 0.25) is 0 Å². The first-order valence-electron chi connectivity index (χ1n) is 12.5. The standard InChI is InChI=1S/C30H29NO6/c1-3-35-23-12-7-19(8-13-23)27-26(28(32)21-9-16-25-20(18-21)6-5-17-37-25)29(33)30(34)31(27)22-10-14-24(15-11-22)36-4-2/h7-16,18,27,32H,3-6,17H2,1-2H3/b28-26-. The Bertz CT molecular complexity index is 1340. The quantitative estimate of drug-likeness (QED) is 0.265. The van der Waals surface area contributed by atoms with Gasteiger partial charge in [0.15, 0.2) is 0 Å². The van der Waals surface area contributed by atoms with Gasteiger partial charge in [-0.05, 0) is 92.4 Å². The molecule has 1 fully saturated rings. The maximum atomic E-state index is 13.4. The Hall–Kier alpha value is -4.26. The monoisotopic (exact) mass is 499 g/mol. The highest BCUT2D eigenvalue weighted by Gasteiger charge is 2.47. The summed E-state index contributed by atoms with van der Waals surface area (Å²) in [5, 5.41) is 11.5. The van der Waals surface area contributed by atoms with Crippen molar-refractivity contribution in [1.82, 2.24) is 0 Å². The van der Waals surface area contributed by atoms with Crippen LogP contribution in [-0.2, 0) is 16.0 Å². The van der Waals surface area contributed by atoms with E-state index >= 15 is 0 Å². The lowest BCUT2D eigenvalue weighted by molar-refractivity contribution is -0.132. The molecule has 2 heterocycles. The third kappa shape index (κ3) is 4.65. The topological polar surface area (TPSA) is 85.3 Å². The second-order valence-electron chi connectivity index (χ2n) is 8.87. The number of hydrogen-bond acceptors (Lipinski definition) is 6. The number of carbonyl (C=O) groups excluding carboxylic acids is 2. The molecule has 3 aromatic carbocycles. The molecule has 1 unspecified atom stereocenters. The van der Waals surface area contributed by atoms with Crippen molar-refractivity contribution in [2.75, 3.05) is 24.7 Å². The maximum absolute atomic E-state index is 13.4. The van der Waals surface area contributed by atoms with Crippen LogP contribution < -0.4 is 19.1 Å². The molecule has 5 rings (SSSR count).